The molecule has 0 heterocycles. The van der Waals surface area contributed by atoms with Gasteiger partial charge in [-0.2, -0.15) is 0 Å². The maximum atomic E-state index is 5.41. The van der Waals surface area contributed by atoms with Crippen LogP contribution in [0.5, 0.6) is 17.2 Å². The fourth-order valence-corrected chi connectivity index (χ4v) is 1.77. The highest BCUT2D eigenvalue weighted by Crippen LogP contribution is 2.40. The first-order valence-corrected chi connectivity index (χ1v) is 6.02. The van der Waals surface area contributed by atoms with Crippen LogP contribution in [0.3, 0.4) is 0 Å². The Hall–Kier alpha value is -1.82. The van der Waals surface area contributed by atoms with Crippen LogP contribution in [0.4, 0.5) is 0 Å². The van der Waals surface area contributed by atoms with Crippen molar-refractivity contribution in [1.29, 1.82) is 0 Å². The molecule has 0 amide bonds. The van der Waals surface area contributed by atoms with E-state index in [-0.39, 0.29) is 0 Å². The highest BCUT2D eigenvalue weighted by atomic mass is 16.5. The minimum Gasteiger partial charge on any atom is -0.493 e. The normalized spacial score (nSPS) is 9.33. The van der Waals surface area contributed by atoms with Crippen molar-refractivity contribution >= 4 is 0 Å². The number of methoxy groups -OCH3 is 3. The summed E-state index contributed by atoms with van der Waals surface area (Å²) in [6.07, 6.45) is 2.55. The van der Waals surface area contributed by atoms with Crippen molar-refractivity contribution in [2.45, 2.75) is 26.2 Å². The van der Waals surface area contributed by atoms with E-state index < -0.39 is 0 Å². The molecule has 0 radical (unpaired) electrons. The average Bonchev–Trinajstić information content (AvgIpc) is 2.42. The van der Waals surface area contributed by atoms with Crippen LogP contribution in [-0.4, -0.2) is 21.3 Å². The Bertz CT molecular complexity index is 441. The van der Waals surface area contributed by atoms with E-state index in [1.54, 1.807) is 21.3 Å². The van der Waals surface area contributed by atoms with E-state index in [1.807, 2.05) is 19.1 Å². The Kier molecular flexibility index (Phi) is 5.93. The molecule has 0 unspecified atom stereocenters. The van der Waals surface area contributed by atoms with Gasteiger partial charge in [-0.1, -0.05) is 13.0 Å². The van der Waals surface area contributed by atoms with Crippen LogP contribution < -0.4 is 14.2 Å². The van der Waals surface area contributed by atoms with Crippen molar-refractivity contribution in [2.24, 2.45) is 0 Å². The van der Waals surface area contributed by atoms with Gasteiger partial charge in [0.05, 0.1) is 21.3 Å². The van der Waals surface area contributed by atoms with Crippen molar-refractivity contribution in [3.63, 3.8) is 0 Å². The average molecular weight is 248 g/mol. The summed E-state index contributed by atoms with van der Waals surface area (Å²) in [6.45, 7) is 2.05. The van der Waals surface area contributed by atoms with Crippen molar-refractivity contribution in [2.75, 3.05) is 21.3 Å². The molecule has 0 saturated heterocycles. The van der Waals surface area contributed by atoms with E-state index in [1.165, 1.54) is 0 Å². The van der Waals surface area contributed by atoms with Gasteiger partial charge in [-0.25, -0.2) is 0 Å². The lowest BCUT2D eigenvalue weighted by molar-refractivity contribution is 0.322. The lowest BCUT2D eigenvalue weighted by Crippen LogP contribution is -1.98. The van der Waals surface area contributed by atoms with Crippen LogP contribution in [0.2, 0.25) is 0 Å². The summed E-state index contributed by atoms with van der Waals surface area (Å²) in [4.78, 5) is 0. The molecule has 0 atom stereocenters. The fourth-order valence-electron chi connectivity index (χ4n) is 1.77. The van der Waals surface area contributed by atoms with E-state index in [4.69, 9.17) is 14.2 Å². The smallest absolute Gasteiger partial charge is 0.203 e. The Balaban J connectivity index is 2.97. The molecule has 3 heteroatoms. The Morgan fingerprint density at radius 1 is 0.944 bits per heavy atom. The molecule has 0 aliphatic carbocycles. The third kappa shape index (κ3) is 3.33. The van der Waals surface area contributed by atoms with Gasteiger partial charge >= 0.3 is 0 Å². The molecule has 18 heavy (non-hydrogen) atoms. The number of hydrogen-bond donors (Lipinski definition) is 0. The summed E-state index contributed by atoms with van der Waals surface area (Å²) < 4.78 is 16.0. The first kappa shape index (κ1) is 14.2. The van der Waals surface area contributed by atoms with Crippen molar-refractivity contribution < 1.29 is 14.2 Å². The van der Waals surface area contributed by atoms with Crippen LogP contribution in [0, 0.1) is 11.8 Å². The molecule has 0 spiro atoms. The molecule has 1 aromatic carbocycles. The van der Waals surface area contributed by atoms with Crippen LogP contribution in [0.1, 0.15) is 25.3 Å². The van der Waals surface area contributed by atoms with Gasteiger partial charge in [0.2, 0.25) is 5.75 Å². The van der Waals surface area contributed by atoms with Crippen LogP contribution in [0.15, 0.2) is 12.1 Å². The molecular weight excluding hydrogens is 228 g/mol. The third-order valence-corrected chi connectivity index (χ3v) is 2.61. The minimum atomic E-state index is 0.640. The number of aryl methyl sites for hydroxylation is 1. The Morgan fingerprint density at radius 3 is 2.22 bits per heavy atom. The second-order valence-electron chi connectivity index (χ2n) is 3.70. The number of hydrogen-bond acceptors (Lipinski definition) is 3. The highest BCUT2D eigenvalue weighted by molar-refractivity contribution is 5.55. The standard InChI is InChI=1S/C15H20O3/c1-5-6-7-8-9-12-10-11-13(16-2)15(18-4)14(12)17-3/h10-11H,5,8-9H2,1-4H3. The molecule has 3 nitrogen and oxygen atoms in total. The quantitative estimate of drug-likeness (QED) is 0.749. The van der Waals surface area contributed by atoms with Gasteiger partial charge in [-0.3, -0.25) is 0 Å². The molecule has 1 aromatic rings. The topological polar surface area (TPSA) is 27.7 Å². The Morgan fingerprint density at radius 2 is 1.67 bits per heavy atom. The summed E-state index contributed by atoms with van der Waals surface area (Å²) in [5.41, 5.74) is 1.08. The molecule has 0 bridgehead atoms. The van der Waals surface area contributed by atoms with Crippen LogP contribution >= 0.6 is 0 Å². The van der Waals surface area contributed by atoms with Gasteiger partial charge < -0.3 is 14.2 Å². The SMILES string of the molecule is CCC#CCCc1ccc(OC)c(OC)c1OC. The maximum absolute atomic E-state index is 5.41. The van der Waals surface area contributed by atoms with E-state index in [2.05, 4.69) is 11.8 Å². The lowest BCUT2D eigenvalue weighted by Gasteiger charge is -2.15. The summed E-state index contributed by atoms with van der Waals surface area (Å²) in [7, 11) is 4.86. The zero-order valence-electron chi connectivity index (χ0n) is 11.5. The van der Waals surface area contributed by atoms with Gasteiger partial charge in [0, 0.05) is 12.8 Å². The molecular formula is C15H20O3. The van der Waals surface area contributed by atoms with E-state index in [0.717, 1.165) is 30.6 Å². The molecule has 1 rings (SSSR count). The number of rotatable bonds is 5. The molecule has 0 aliphatic heterocycles. The predicted octanol–water partition coefficient (Wildman–Crippen LogP) is 3.06. The molecule has 0 aliphatic rings. The molecule has 98 valence electrons. The van der Waals surface area contributed by atoms with Gasteiger partial charge in [-0.05, 0) is 18.1 Å². The van der Waals surface area contributed by atoms with E-state index in [9.17, 15) is 0 Å². The summed E-state index contributed by atoms with van der Waals surface area (Å²) in [5, 5.41) is 0. The van der Waals surface area contributed by atoms with Crippen molar-refractivity contribution in [3.05, 3.63) is 17.7 Å². The monoisotopic (exact) mass is 248 g/mol. The van der Waals surface area contributed by atoms with Gasteiger partial charge in [0.15, 0.2) is 11.5 Å². The summed E-state index contributed by atoms with van der Waals surface area (Å²) in [6, 6.07) is 3.89. The van der Waals surface area contributed by atoms with Gasteiger partial charge in [0.1, 0.15) is 0 Å². The highest BCUT2D eigenvalue weighted by Gasteiger charge is 2.14. The first-order valence-electron chi connectivity index (χ1n) is 6.02. The van der Waals surface area contributed by atoms with Crippen molar-refractivity contribution in [3.8, 4) is 29.1 Å². The van der Waals surface area contributed by atoms with Gasteiger partial charge in [-0.15, -0.1) is 11.8 Å². The first-order chi connectivity index (χ1) is 8.78. The molecule has 0 N–H and O–H groups in total. The second-order valence-corrected chi connectivity index (χ2v) is 3.70. The second kappa shape index (κ2) is 7.50. The lowest BCUT2D eigenvalue weighted by atomic mass is 10.1. The predicted molar refractivity (Wildman–Crippen MR) is 72.5 cm³/mol. The Labute approximate surface area is 109 Å². The minimum absolute atomic E-state index is 0.640. The van der Waals surface area contributed by atoms with E-state index >= 15 is 0 Å². The van der Waals surface area contributed by atoms with Gasteiger partial charge in [0.25, 0.3) is 0 Å². The molecule has 0 fully saturated rings. The fraction of sp³-hybridized carbons (Fsp3) is 0.467. The van der Waals surface area contributed by atoms with Crippen LogP contribution in [0.25, 0.3) is 0 Å². The summed E-state index contributed by atoms with van der Waals surface area (Å²) >= 11 is 0. The van der Waals surface area contributed by atoms with Crippen molar-refractivity contribution in [1.82, 2.24) is 0 Å². The third-order valence-electron chi connectivity index (χ3n) is 2.61. The number of benzene rings is 1. The zero-order valence-corrected chi connectivity index (χ0v) is 11.5. The number of ether oxygens (including phenoxy) is 3. The maximum Gasteiger partial charge on any atom is 0.203 e. The molecule has 0 saturated carbocycles. The largest absolute Gasteiger partial charge is 0.493 e. The van der Waals surface area contributed by atoms with E-state index in [0.29, 0.717) is 11.5 Å². The summed E-state index contributed by atoms with van der Waals surface area (Å²) in [5.74, 6) is 8.23. The molecule has 0 aromatic heterocycles. The van der Waals surface area contributed by atoms with Crippen LogP contribution in [-0.2, 0) is 6.42 Å². The zero-order chi connectivity index (χ0) is 13.4.